The molecule has 3 heteroatoms. The standard InChI is InChI=1S/C13H21NOS/c1-2-11-4-3-6-13(15,7-5-11)8-12-9-14-10-16-12/h9-11,15H,2-8H2,1H3. The molecule has 0 aromatic carbocycles. The summed E-state index contributed by atoms with van der Waals surface area (Å²) in [6, 6.07) is 0. The summed E-state index contributed by atoms with van der Waals surface area (Å²) in [5.41, 5.74) is 1.39. The van der Waals surface area contributed by atoms with Crippen molar-refractivity contribution in [2.45, 2.75) is 57.5 Å². The van der Waals surface area contributed by atoms with E-state index >= 15 is 0 Å². The lowest BCUT2D eigenvalue weighted by atomic mass is 9.89. The van der Waals surface area contributed by atoms with Gasteiger partial charge in [0.15, 0.2) is 0 Å². The molecule has 1 aromatic heterocycles. The first-order valence-corrected chi connectivity index (χ1v) is 7.19. The van der Waals surface area contributed by atoms with Crippen LogP contribution in [-0.2, 0) is 6.42 Å². The molecule has 1 N–H and O–H groups in total. The molecule has 0 bridgehead atoms. The SMILES string of the molecule is CCC1CCCC(O)(Cc2cncs2)CC1. The normalized spacial score (nSPS) is 31.2. The fraction of sp³-hybridized carbons (Fsp3) is 0.769. The van der Waals surface area contributed by atoms with Crippen molar-refractivity contribution in [3.63, 3.8) is 0 Å². The van der Waals surface area contributed by atoms with Gasteiger partial charge in [0.1, 0.15) is 0 Å². The van der Waals surface area contributed by atoms with Crippen LogP contribution in [0.5, 0.6) is 0 Å². The van der Waals surface area contributed by atoms with Gasteiger partial charge in [-0.25, -0.2) is 0 Å². The molecule has 1 fully saturated rings. The smallest absolute Gasteiger partial charge is 0.0794 e. The summed E-state index contributed by atoms with van der Waals surface area (Å²) in [6.07, 6.45) is 9.53. The lowest BCUT2D eigenvalue weighted by Crippen LogP contribution is -2.30. The zero-order valence-electron chi connectivity index (χ0n) is 9.98. The molecule has 2 rings (SSSR count). The topological polar surface area (TPSA) is 33.1 Å². The maximum absolute atomic E-state index is 10.6. The molecule has 1 aliphatic rings. The Morgan fingerprint density at radius 2 is 2.38 bits per heavy atom. The van der Waals surface area contributed by atoms with E-state index in [1.54, 1.807) is 11.3 Å². The minimum Gasteiger partial charge on any atom is -0.390 e. The van der Waals surface area contributed by atoms with Crippen LogP contribution in [-0.4, -0.2) is 15.7 Å². The molecule has 1 heterocycles. The van der Waals surface area contributed by atoms with E-state index in [9.17, 15) is 5.11 Å². The number of nitrogens with zero attached hydrogens (tertiary/aromatic N) is 1. The van der Waals surface area contributed by atoms with E-state index in [-0.39, 0.29) is 0 Å². The third kappa shape index (κ3) is 3.05. The molecule has 0 spiro atoms. The molecule has 0 amide bonds. The monoisotopic (exact) mass is 239 g/mol. The van der Waals surface area contributed by atoms with Crippen molar-refractivity contribution in [3.8, 4) is 0 Å². The summed E-state index contributed by atoms with van der Waals surface area (Å²) >= 11 is 1.66. The van der Waals surface area contributed by atoms with Crippen LogP contribution in [0.4, 0.5) is 0 Å². The largest absolute Gasteiger partial charge is 0.390 e. The average Bonchev–Trinajstić information content (AvgIpc) is 2.68. The second kappa shape index (κ2) is 5.28. The highest BCUT2D eigenvalue weighted by Gasteiger charge is 2.30. The molecule has 0 saturated heterocycles. The van der Waals surface area contributed by atoms with Crippen LogP contribution in [0.2, 0.25) is 0 Å². The maximum atomic E-state index is 10.6. The fourth-order valence-electron chi connectivity index (χ4n) is 2.70. The van der Waals surface area contributed by atoms with E-state index in [4.69, 9.17) is 0 Å². The molecule has 2 atom stereocenters. The van der Waals surface area contributed by atoms with Crippen LogP contribution < -0.4 is 0 Å². The summed E-state index contributed by atoms with van der Waals surface area (Å²) in [7, 11) is 0. The molecule has 2 nitrogen and oxygen atoms in total. The lowest BCUT2D eigenvalue weighted by molar-refractivity contribution is 0.0249. The van der Waals surface area contributed by atoms with Gasteiger partial charge >= 0.3 is 0 Å². The van der Waals surface area contributed by atoms with E-state index in [1.165, 1.54) is 30.6 Å². The van der Waals surface area contributed by atoms with Crippen molar-refractivity contribution in [1.82, 2.24) is 4.98 Å². The maximum Gasteiger partial charge on any atom is 0.0794 e. The minimum atomic E-state index is -0.462. The van der Waals surface area contributed by atoms with Crippen molar-refractivity contribution >= 4 is 11.3 Å². The summed E-state index contributed by atoms with van der Waals surface area (Å²) in [4.78, 5) is 5.30. The van der Waals surface area contributed by atoms with Gasteiger partial charge in [-0.2, -0.15) is 0 Å². The van der Waals surface area contributed by atoms with E-state index in [2.05, 4.69) is 11.9 Å². The Morgan fingerprint density at radius 1 is 1.50 bits per heavy atom. The van der Waals surface area contributed by atoms with Crippen molar-refractivity contribution < 1.29 is 5.11 Å². The first-order valence-electron chi connectivity index (χ1n) is 6.31. The van der Waals surface area contributed by atoms with Crippen LogP contribution in [0.1, 0.15) is 50.3 Å². The third-order valence-electron chi connectivity index (χ3n) is 3.84. The summed E-state index contributed by atoms with van der Waals surface area (Å²) in [5, 5.41) is 10.6. The van der Waals surface area contributed by atoms with Gasteiger partial charge in [0.2, 0.25) is 0 Å². The van der Waals surface area contributed by atoms with Crippen LogP contribution in [0.15, 0.2) is 11.7 Å². The van der Waals surface area contributed by atoms with Gasteiger partial charge in [-0.15, -0.1) is 11.3 Å². The van der Waals surface area contributed by atoms with Crippen molar-refractivity contribution in [3.05, 3.63) is 16.6 Å². The summed E-state index contributed by atoms with van der Waals surface area (Å²) < 4.78 is 0. The number of rotatable bonds is 3. The average molecular weight is 239 g/mol. The highest BCUT2D eigenvalue weighted by Crippen LogP contribution is 2.34. The van der Waals surface area contributed by atoms with Gasteiger partial charge in [0.25, 0.3) is 0 Å². The predicted octanol–water partition coefficient (Wildman–Crippen LogP) is 3.41. The Hall–Kier alpha value is -0.410. The van der Waals surface area contributed by atoms with E-state index in [1.807, 2.05) is 11.7 Å². The molecule has 16 heavy (non-hydrogen) atoms. The second-order valence-corrected chi connectivity index (χ2v) is 6.04. The van der Waals surface area contributed by atoms with Crippen molar-refractivity contribution in [2.24, 2.45) is 5.92 Å². The molecule has 2 unspecified atom stereocenters. The van der Waals surface area contributed by atoms with Crippen LogP contribution >= 0.6 is 11.3 Å². The Bertz CT molecular complexity index is 312. The summed E-state index contributed by atoms with van der Waals surface area (Å²) in [6.45, 7) is 2.26. The molecule has 1 saturated carbocycles. The molecule has 1 aliphatic carbocycles. The zero-order valence-corrected chi connectivity index (χ0v) is 10.8. The second-order valence-electron chi connectivity index (χ2n) is 5.07. The van der Waals surface area contributed by atoms with E-state index in [0.29, 0.717) is 0 Å². The number of thiazole rings is 1. The van der Waals surface area contributed by atoms with Crippen molar-refractivity contribution in [1.29, 1.82) is 0 Å². The quantitative estimate of drug-likeness (QED) is 0.820. The van der Waals surface area contributed by atoms with Crippen LogP contribution in [0.25, 0.3) is 0 Å². The molecule has 90 valence electrons. The number of aromatic nitrogens is 1. The van der Waals surface area contributed by atoms with E-state index in [0.717, 1.165) is 25.2 Å². The van der Waals surface area contributed by atoms with Crippen molar-refractivity contribution in [2.75, 3.05) is 0 Å². The molecule has 0 aliphatic heterocycles. The Labute approximate surface area is 102 Å². The van der Waals surface area contributed by atoms with Gasteiger partial charge in [-0.1, -0.05) is 26.2 Å². The number of hydrogen-bond donors (Lipinski definition) is 1. The van der Waals surface area contributed by atoms with E-state index < -0.39 is 5.60 Å². The first-order chi connectivity index (χ1) is 7.72. The number of aliphatic hydroxyl groups is 1. The van der Waals surface area contributed by atoms with Crippen LogP contribution in [0, 0.1) is 5.92 Å². The minimum absolute atomic E-state index is 0.462. The Balaban J connectivity index is 1.96. The Kier molecular flexibility index (Phi) is 3.98. The first kappa shape index (κ1) is 12.1. The zero-order chi connectivity index (χ0) is 11.4. The molecular weight excluding hydrogens is 218 g/mol. The highest BCUT2D eigenvalue weighted by molar-refractivity contribution is 7.09. The van der Waals surface area contributed by atoms with Gasteiger partial charge < -0.3 is 5.11 Å². The molecule has 0 radical (unpaired) electrons. The Morgan fingerprint density at radius 3 is 3.06 bits per heavy atom. The predicted molar refractivity (Wildman–Crippen MR) is 67.6 cm³/mol. The highest BCUT2D eigenvalue weighted by atomic mass is 32.1. The fourth-order valence-corrected chi connectivity index (χ4v) is 3.43. The third-order valence-corrected chi connectivity index (χ3v) is 4.62. The molecular formula is C13H21NOS. The van der Waals surface area contributed by atoms with Gasteiger partial charge in [0, 0.05) is 17.5 Å². The van der Waals surface area contributed by atoms with Gasteiger partial charge in [-0.3, -0.25) is 4.98 Å². The lowest BCUT2D eigenvalue weighted by Gasteiger charge is -2.26. The summed E-state index contributed by atoms with van der Waals surface area (Å²) in [5.74, 6) is 0.829. The van der Waals surface area contributed by atoms with Gasteiger partial charge in [0.05, 0.1) is 11.1 Å². The number of hydrogen-bond acceptors (Lipinski definition) is 3. The molecule has 1 aromatic rings. The van der Waals surface area contributed by atoms with Gasteiger partial charge in [-0.05, 0) is 25.2 Å². The van der Waals surface area contributed by atoms with Crippen LogP contribution in [0.3, 0.4) is 0 Å².